The van der Waals surface area contributed by atoms with Crippen LogP contribution in [0.1, 0.15) is 114 Å². The van der Waals surface area contributed by atoms with Crippen LogP contribution in [0.4, 0.5) is 0 Å². The van der Waals surface area contributed by atoms with Gasteiger partial charge >= 0.3 is 0 Å². The minimum atomic E-state index is 0.182. The molecule has 5 nitrogen and oxygen atoms in total. The molecular formula is C31H50N4O. The number of amides is 1. The topological polar surface area (TPSA) is 41.4 Å². The molecule has 1 amide bonds. The Bertz CT molecular complexity index is 954. The van der Waals surface area contributed by atoms with Crippen molar-refractivity contribution in [1.29, 1.82) is 0 Å². The van der Waals surface area contributed by atoms with Gasteiger partial charge < -0.3 is 14.4 Å². The van der Waals surface area contributed by atoms with E-state index < -0.39 is 0 Å². The van der Waals surface area contributed by atoms with Crippen LogP contribution in [-0.2, 0) is 6.54 Å². The summed E-state index contributed by atoms with van der Waals surface area (Å²) in [6.45, 7) is 15.3. The summed E-state index contributed by atoms with van der Waals surface area (Å²) in [5.74, 6) is 3.21. The van der Waals surface area contributed by atoms with E-state index in [-0.39, 0.29) is 5.91 Å². The molecule has 200 valence electrons. The van der Waals surface area contributed by atoms with Crippen molar-refractivity contribution in [3.63, 3.8) is 0 Å². The zero-order valence-electron chi connectivity index (χ0n) is 23.5. The van der Waals surface area contributed by atoms with Gasteiger partial charge in [0, 0.05) is 31.1 Å². The van der Waals surface area contributed by atoms with Crippen molar-refractivity contribution in [2.24, 2.45) is 11.8 Å². The van der Waals surface area contributed by atoms with Crippen molar-refractivity contribution in [3.8, 4) is 0 Å². The Morgan fingerprint density at radius 3 is 2.25 bits per heavy atom. The number of likely N-dealkylation sites (tertiary alicyclic amines) is 1. The maximum Gasteiger partial charge on any atom is 0.253 e. The number of hydrogen-bond donors (Lipinski definition) is 0. The van der Waals surface area contributed by atoms with Crippen molar-refractivity contribution < 1.29 is 4.79 Å². The lowest BCUT2D eigenvalue weighted by atomic mass is 10.1. The Balaban J connectivity index is 1.57. The van der Waals surface area contributed by atoms with Crippen LogP contribution in [0.3, 0.4) is 0 Å². The second-order valence-electron chi connectivity index (χ2n) is 12.2. The lowest BCUT2D eigenvalue weighted by Crippen LogP contribution is -2.34. The first-order valence-electron chi connectivity index (χ1n) is 14.9. The van der Waals surface area contributed by atoms with Crippen LogP contribution >= 0.6 is 0 Å². The lowest BCUT2D eigenvalue weighted by molar-refractivity contribution is 0.0741. The van der Waals surface area contributed by atoms with Crippen LogP contribution < -0.4 is 0 Å². The molecule has 2 aliphatic rings. The summed E-state index contributed by atoms with van der Waals surface area (Å²) >= 11 is 0. The number of fused-ring (bicyclic) bond motifs is 1. The molecular weight excluding hydrogens is 444 g/mol. The van der Waals surface area contributed by atoms with Gasteiger partial charge in [-0.3, -0.25) is 4.79 Å². The lowest BCUT2D eigenvalue weighted by Gasteiger charge is -2.26. The summed E-state index contributed by atoms with van der Waals surface area (Å²) in [7, 11) is 0. The molecule has 2 aromatic rings. The number of piperidine rings is 1. The average Bonchev–Trinajstić information content (AvgIpc) is 3.52. The Morgan fingerprint density at radius 1 is 0.944 bits per heavy atom. The molecule has 2 heterocycles. The molecule has 1 aliphatic carbocycles. The van der Waals surface area contributed by atoms with Gasteiger partial charge in [-0.1, -0.05) is 47.0 Å². The van der Waals surface area contributed by atoms with Gasteiger partial charge in [-0.15, -0.1) is 0 Å². The molecule has 0 unspecified atom stereocenters. The molecule has 0 bridgehead atoms. The molecule has 4 rings (SSSR count). The third-order valence-corrected chi connectivity index (χ3v) is 8.29. The third-order valence-electron chi connectivity index (χ3n) is 8.29. The predicted octanol–water partition coefficient (Wildman–Crippen LogP) is 7.10. The van der Waals surface area contributed by atoms with Gasteiger partial charge in [0.1, 0.15) is 5.82 Å². The van der Waals surface area contributed by atoms with Gasteiger partial charge in [0.15, 0.2) is 0 Å². The minimum Gasteiger partial charge on any atom is -0.339 e. The fourth-order valence-electron chi connectivity index (χ4n) is 5.97. The van der Waals surface area contributed by atoms with Crippen LogP contribution in [-0.4, -0.2) is 58.0 Å². The molecule has 1 saturated carbocycles. The zero-order chi connectivity index (χ0) is 25.5. The maximum atomic E-state index is 13.7. The van der Waals surface area contributed by atoms with Gasteiger partial charge in [0.05, 0.1) is 11.0 Å². The van der Waals surface area contributed by atoms with Gasteiger partial charge in [0.25, 0.3) is 5.91 Å². The zero-order valence-corrected chi connectivity index (χ0v) is 23.5. The van der Waals surface area contributed by atoms with Gasteiger partial charge in [-0.05, 0) is 94.6 Å². The van der Waals surface area contributed by atoms with E-state index >= 15 is 0 Å². The molecule has 1 aliphatic heterocycles. The van der Waals surface area contributed by atoms with Crippen molar-refractivity contribution in [2.45, 2.75) is 104 Å². The number of aromatic nitrogens is 2. The van der Waals surface area contributed by atoms with E-state index in [4.69, 9.17) is 4.98 Å². The number of benzene rings is 1. The molecule has 2 fully saturated rings. The highest BCUT2D eigenvalue weighted by Gasteiger charge is 2.25. The van der Waals surface area contributed by atoms with E-state index in [0.29, 0.717) is 17.8 Å². The number of nitrogens with zero attached hydrogens (tertiary/aromatic N) is 4. The van der Waals surface area contributed by atoms with Crippen LogP contribution in [0.25, 0.3) is 11.0 Å². The monoisotopic (exact) mass is 494 g/mol. The summed E-state index contributed by atoms with van der Waals surface area (Å²) in [4.78, 5) is 23.6. The standard InChI is InChI=1S/C31H50N4O/c1-24(2)15-21-34(22-16-25(3)4)31(36)27-13-14-28-29(23-27)35(30(32-28)26-11-6-7-12-26)20-10-19-33-17-8-5-9-18-33/h13-14,23-26H,5-12,15-22H2,1-4H3. The number of rotatable bonds is 12. The molecule has 1 saturated heterocycles. The quantitative estimate of drug-likeness (QED) is 0.316. The number of carbonyl (C=O) groups excluding carboxylic acids is 1. The molecule has 5 heteroatoms. The highest BCUT2D eigenvalue weighted by atomic mass is 16.2. The van der Waals surface area contributed by atoms with E-state index in [9.17, 15) is 4.79 Å². The smallest absolute Gasteiger partial charge is 0.253 e. The number of carbonyl (C=O) groups is 1. The highest BCUT2D eigenvalue weighted by molar-refractivity contribution is 5.97. The second kappa shape index (κ2) is 13.1. The average molecular weight is 495 g/mol. The number of hydrogen-bond acceptors (Lipinski definition) is 3. The Morgan fingerprint density at radius 2 is 1.61 bits per heavy atom. The minimum absolute atomic E-state index is 0.182. The molecule has 0 atom stereocenters. The van der Waals surface area contributed by atoms with Gasteiger partial charge in [0.2, 0.25) is 0 Å². The van der Waals surface area contributed by atoms with E-state index in [2.05, 4.69) is 54.2 Å². The van der Waals surface area contributed by atoms with Crippen LogP contribution in [0.5, 0.6) is 0 Å². The molecule has 0 N–H and O–H groups in total. The van der Waals surface area contributed by atoms with Crippen molar-refractivity contribution in [2.75, 3.05) is 32.7 Å². The molecule has 1 aromatic carbocycles. The largest absolute Gasteiger partial charge is 0.339 e. The Hall–Kier alpha value is -1.88. The van der Waals surface area contributed by atoms with Gasteiger partial charge in [-0.2, -0.15) is 0 Å². The number of aryl methyl sites for hydroxylation is 1. The van der Waals surface area contributed by atoms with E-state index in [1.54, 1.807) is 0 Å². The van der Waals surface area contributed by atoms with E-state index in [0.717, 1.165) is 55.5 Å². The van der Waals surface area contributed by atoms with Gasteiger partial charge in [-0.25, -0.2) is 4.98 Å². The van der Waals surface area contributed by atoms with Crippen LogP contribution in [0, 0.1) is 11.8 Å². The van der Waals surface area contributed by atoms with Crippen molar-refractivity contribution in [3.05, 3.63) is 29.6 Å². The summed E-state index contributed by atoms with van der Waals surface area (Å²) in [6.07, 6.45) is 12.4. The van der Waals surface area contributed by atoms with Crippen LogP contribution in [0.2, 0.25) is 0 Å². The summed E-state index contributed by atoms with van der Waals surface area (Å²) in [6, 6.07) is 6.28. The first-order chi connectivity index (χ1) is 17.4. The van der Waals surface area contributed by atoms with E-state index in [1.807, 2.05) is 6.07 Å². The normalized spacial score (nSPS) is 17.6. The van der Waals surface area contributed by atoms with Crippen LogP contribution in [0.15, 0.2) is 18.2 Å². The fourth-order valence-corrected chi connectivity index (χ4v) is 5.97. The number of imidazole rings is 1. The molecule has 36 heavy (non-hydrogen) atoms. The molecule has 1 aromatic heterocycles. The molecule has 0 radical (unpaired) electrons. The third kappa shape index (κ3) is 7.12. The summed E-state index contributed by atoms with van der Waals surface area (Å²) < 4.78 is 2.48. The first-order valence-corrected chi connectivity index (χ1v) is 14.9. The first kappa shape index (κ1) is 27.2. The highest BCUT2D eigenvalue weighted by Crippen LogP contribution is 2.35. The fraction of sp³-hybridized carbons (Fsp3) is 0.742. The summed E-state index contributed by atoms with van der Waals surface area (Å²) in [5, 5.41) is 0. The maximum absolute atomic E-state index is 13.7. The second-order valence-corrected chi connectivity index (χ2v) is 12.2. The molecule has 0 spiro atoms. The summed E-state index contributed by atoms with van der Waals surface area (Å²) in [5.41, 5.74) is 3.04. The van der Waals surface area contributed by atoms with Crippen molar-refractivity contribution >= 4 is 16.9 Å². The van der Waals surface area contributed by atoms with E-state index in [1.165, 1.54) is 70.4 Å². The van der Waals surface area contributed by atoms with Crippen molar-refractivity contribution in [1.82, 2.24) is 19.4 Å². The SMILES string of the molecule is CC(C)CCN(CCC(C)C)C(=O)c1ccc2nc(C3CCCC3)n(CCCN3CCCCC3)c2c1. The Kier molecular flexibility index (Phi) is 9.87. The predicted molar refractivity (Wildman–Crippen MR) is 151 cm³/mol. The Labute approximate surface area is 219 Å².